The van der Waals surface area contributed by atoms with Crippen molar-refractivity contribution in [3.8, 4) is 11.1 Å². The first-order chi connectivity index (χ1) is 10.3. The molecule has 0 radical (unpaired) electrons. The second-order valence-electron chi connectivity index (χ2n) is 5.66. The van der Waals surface area contributed by atoms with Gasteiger partial charge in [0.2, 0.25) is 0 Å². The lowest BCUT2D eigenvalue weighted by molar-refractivity contribution is -0.151. The molecule has 0 bridgehead atoms. The molecule has 2 aromatic rings. The minimum absolute atomic E-state index is 0.272. The standard InChI is InChI=1S/C19H21NO2/c1-12-10-13(2)18(14(3)11-12)17-8-6-16(7-9-17)15(4)19(21)20(5)22/h6-11,22H,4H2,1-3,5H3. The minimum Gasteiger partial charge on any atom is -0.286 e. The summed E-state index contributed by atoms with van der Waals surface area (Å²) >= 11 is 0. The fourth-order valence-electron chi connectivity index (χ4n) is 2.79. The smallest absolute Gasteiger partial charge is 0.276 e. The zero-order valence-electron chi connectivity index (χ0n) is 13.5. The third-order valence-electron chi connectivity index (χ3n) is 3.75. The number of likely N-dealkylation sites (N-methyl/N-ethyl adjacent to an activating group) is 1. The number of benzene rings is 2. The maximum absolute atomic E-state index is 11.7. The van der Waals surface area contributed by atoms with Gasteiger partial charge < -0.3 is 0 Å². The molecule has 3 nitrogen and oxygen atoms in total. The van der Waals surface area contributed by atoms with Crippen LogP contribution >= 0.6 is 0 Å². The predicted molar refractivity (Wildman–Crippen MR) is 89.7 cm³/mol. The number of hydroxylamine groups is 2. The summed E-state index contributed by atoms with van der Waals surface area (Å²) < 4.78 is 0. The van der Waals surface area contributed by atoms with Crippen molar-refractivity contribution in [2.75, 3.05) is 7.05 Å². The first-order valence-corrected chi connectivity index (χ1v) is 7.15. The molecule has 0 aliphatic carbocycles. The molecular weight excluding hydrogens is 274 g/mol. The zero-order valence-corrected chi connectivity index (χ0v) is 13.5. The van der Waals surface area contributed by atoms with Crippen LogP contribution in [0.1, 0.15) is 22.3 Å². The summed E-state index contributed by atoms with van der Waals surface area (Å²) in [7, 11) is 1.29. The number of nitrogens with zero attached hydrogens (tertiary/aromatic N) is 1. The van der Waals surface area contributed by atoms with Gasteiger partial charge in [-0.3, -0.25) is 10.0 Å². The van der Waals surface area contributed by atoms with Gasteiger partial charge in [0.1, 0.15) is 0 Å². The maximum Gasteiger partial charge on any atom is 0.276 e. The van der Waals surface area contributed by atoms with Crippen LogP contribution in [-0.4, -0.2) is 23.2 Å². The maximum atomic E-state index is 11.7. The zero-order chi connectivity index (χ0) is 16.4. The largest absolute Gasteiger partial charge is 0.286 e. The first kappa shape index (κ1) is 16.0. The number of carbonyl (C=O) groups excluding carboxylic acids is 1. The Morgan fingerprint density at radius 2 is 1.55 bits per heavy atom. The highest BCUT2D eigenvalue weighted by Crippen LogP contribution is 2.29. The topological polar surface area (TPSA) is 40.5 Å². The quantitative estimate of drug-likeness (QED) is 0.525. The Morgan fingerprint density at radius 1 is 1.05 bits per heavy atom. The van der Waals surface area contributed by atoms with E-state index in [9.17, 15) is 10.0 Å². The van der Waals surface area contributed by atoms with Crippen molar-refractivity contribution in [3.05, 3.63) is 65.2 Å². The second-order valence-corrected chi connectivity index (χ2v) is 5.66. The molecule has 1 N–H and O–H groups in total. The summed E-state index contributed by atoms with van der Waals surface area (Å²) in [5.74, 6) is -0.504. The van der Waals surface area contributed by atoms with Crippen LogP contribution < -0.4 is 0 Å². The van der Waals surface area contributed by atoms with Crippen molar-refractivity contribution in [2.24, 2.45) is 0 Å². The van der Waals surface area contributed by atoms with Gasteiger partial charge in [0, 0.05) is 12.6 Å². The van der Waals surface area contributed by atoms with Gasteiger partial charge in [0.25, 0.3) is 5.91 Å². The Kier molecular flexibility index (Phi) is 4.48. The van der Waals surface area contributed by atoms with Gasteiger partial charge in [-0.1, -0.05) is 48.5 Å². The summed E-state index contributed by atoms with van der Waals surface area (Å²) in [6.45, 7) is 10.0. The number of amides is 1. The van der Waals surface area contributed by atoms with E-state index >= 15 is 0 Å². The number of hydrogen-bond acceptors (Lipinski definition) is 2. The minimum atomic E-state index is -0.504. The van der Waals surface area contributed by atoms with E-state index in [4.69, 9.17) is 0 Å². The number of carbonyl (C=O) groups is 1. The van der Waals surface area contributed by atoms with Gasteiger partial charge in [-0.2, -0.15) is 0 Å². The van der Waals surface area contributed by atoms with Crippen LogP contribution in [0.3, 0.4) is 0 Å². The van der Waals surface area contributed by atoms with Crippen LogP contribution in [-0.2, 0) is 4.79 Å². The number of rotatable bonds is 3. The molecule has 0 atom stereocenters. The molecule has 0 saturated carbocycles. The lowest BCUT2D eigenvalue weighted by atomic mass is 9.92. The second kappa shape index (κ2) is 6.16. The summed E-state index contributed by atoms with van der Waals surface area (Å²) in [5, 5.41) is 9.75. The Bertz CT molecular complexity index is 705. The van der Waals surface area contributed by atoms with Crippen molar-refractivity contribution >= 4 is 11.5 Å². The Hall–Kier alpha value is -2.39. The van der Waals surface area contributed by atoms with Gasteiger partial charge in [-0.25, -0.2) is 5.06 Å². The molecule has 0 aromatic heterocycles. The van der Waals surface area contributed by atoms with Crippen LogP contribution in [0.25, 0.3) is 16.7 Å². The monoisotopic (exact) mass is 295 g/mol. The molecule has 0 aliphatic rings. The molecule has 0 saturated heterocycles. The molecular formula is C19H21NO2. The Balaban J connectivity index is 2.38. The molecule has 1 amide bonds. The highest BCUT2D eigenvalue weighted by molar-refractivity contribution is 6.18. The highest BCUT2D eigenvalue weighted by Gasteiger charge is 2.13. The molecule has 22 heavy (non-hydrogen) atoms. The van der Waals surface area contributed by atoms with E-state index in [1.807, 2.05) is 24.3 Å². The van der Waals surface area contributed by atoms with E-state index in [2.05, 4.69) is 39.5 Å². The predicted octanol–water partition coefficient (Wildman–Crippen LogP) is 4.14. The van der Waals surface area contributed by atoms with Gasteiger partial charge >= 0.3 is 0 Å². The summed E-state index contributed by atoms with van der Waals surface area (Å²) in [5.41, 5.74) is 7.02. The molecule has 0 unspecified atom stereocenters. The van der Waals surface area contributed by atoms with Crippen LogP contribution in [0.5, 0.6) is 0 Å². The molecule has 2 rings (SSSR count). The summed E-state index contributed by atoms with van der Waals surface area (Å²) in [4.78, 5) is 11.7. The van der Waals surface area contributed by atoms with Gasteiger partial charge in [-0.05, 0) is 48.6 Å². The van der Waals surface area contributed by atoms with Crippen molar-refractivity contribution < 1.29 is 10.0 Å². The molecule has 0 fully saturated rings. The molecule has 0 aliphatic heterocycles. The van der Waals surface area contributed by atoms with Gasteiger partial charge in [0.15, 0.2) is 0 Å². The van der Waals surface area contributed by atoms with Crippen LogP contribution in [0.4, 0.5) is 0 Å². The number of aryl methyl sites for hydroxylation is 3. The van der Waals surface area contributed by atoms with Crippen molar-refractivity contribution in [1.82, 2.24) is 5.06 Å². The van der Waals surface area contributed by atoms with E-state index in [0.717, 1.165) is 5.56 Å². The van der Waals surface area contributed by atoms with Crippen molar-refractivity contribution in [1.29, 1.82) is 0 Å². The molecule has 114 valence electrons. The van der Waals surface area contributed by atoms with Crippen molar-refractivity contribution in [3.63, 3.8) is 0 Å². The van der Waals surface area contributed by atoms with Gasteiger partial charge in [-0.15, -0.1) is 0 Å². The van der Waals surface area contributed by atoms with Crippen molar-refractivity contribution in [2.45, 2.75) is 20.8 Å². The molecule has 0 spiro atoms. The average molecular weight is 295 g/mol. The third-order valence-corrected chi connectivity index (χ3v) is 3.75. The lowest BCUT2D eigenvalue weighted by Gasteiger charge is -2.14. The van der Waals surface area contributed by atoms with E-state index in [0.29, 0.717) is 10.6 Å². The molecule has 2 aromatic carbocycles. The number of hydrogen-bond donors (Lipinski definition) is 1. The van der Waals surface area contributed by atoms with E-state index in [1.54, 1.807) is 0 Å². The first-order valence-electron chi connectivity index (χ1n) is 7.15. The molecule has 0 heterocycles. The lowest BCUT2D eigenvalue weighted by Crippen LogP contribution is -2.23. The van der Waals surface area contributed by atoms with Crippen LogP contribution in [0, 0.1) is 20.8 Å². The fourth-order valence-corrected chi connectivity index (χ4v) is 2.79. The van der Waals surface area contributed by atoms with Crippen LogP contribution in [0.15, 0.2) is 43.0 Å². The third kappa shape index (κ3) is 3.10. The average Bonchev–Trinajstić information content (AvgIpc) is 2.45. The van der Waals surface area contributed by atoms with Gasteiger partial charge in [0.05, 0.1) is 0 Å². The summed E-state index contributed by atoms with van der Waals surface area (Å²) in [6, 6.07) is 12.0. The fraction of sp³-hybridized carbons (Fsp3) is 0.211. The molecule has 3 heteroatoms. The Morgan fingerprint density at radius 3 is 2.00 bits per heavy atom. The highest BCUT2D eigenvalue weighted by atomic mass is 16.5. The SMILES string of the molecule is C=C(C(=O)N(C)O)c1ccc(-c2c(C)cc(C)cc2C)cc1. The normalized spacial score (nSPS) is 10.4. The van der Waals surface area contributed by atoms with E-state index in [-0.39, 0.29) is 5.57 Å². The Labute approximate surface area is 131 Å². The van der Waals surface area contributed by atoms with E-state index < -0.39 is 5.91 Å². The van der Waals surface area contributed by atoms with E-state index in [1.165, 1.54) is 29.3 Å². The van der Waals surface area contributed by atoms with Crippen LogP contribution in [0.2, 0.25) is 0 Å². The summed E-state index contributed by atoms with van der Waals surface area (Å²) in [6.07, 6.45) is 0.